The van der Waals surface area contributed by atoms with Gasteiger partial charge in [-0.05, 0) is 29.9 Å². The number of allylic oxidation sites excluding steroid dienone is 2. The fraction of sp³-hybridized carbons (Fsp3) is 0.286. The average Bonchev–Trinajstić information content (AvgIpc) is 3.41. The summed E-state index contributed by atoms with van der Waals surface area (Å²) in [5.41, 5.74) is 0.236. The molecule has 0 saturated heterocycles. The van der Waals surface area contributed by atoms with Crippen molar-refractivity contribution in [2.24, 2.45) is 0 Å². The third kappa shape index (κ3) is 2.77. The lowest BCUT2D eigenvalue weighted by atomic mass is 9.74. The number of ketones is 1. The molecule has 0 N–H and O–H groups in total. The molecule has 1 aliphatic carbocycles. The van der Waals surface area contributed by atoms with Crippen LogP contribution in [0.5, 0.6) is 11.6 Å². The number of carbonyl (C=O) groups excluding carboxylic acids is 2. The number of furan rings is 1. The topological polar surface area (TPSA) is 81.9 Å². The molecule has 1 unspecified atom stereocenters. The number of hydrogen-bond donors (Lipinski definition) is 0. The van der Waals surface area contributed by atoms with E-state index < -0.39 is 23.3 Å². The molecule has 7 nitrogen and oxygen atoms in total. The van der Waals surface area contributed by atoms with Crippen molar-refractivity contribution in [2.45, 2.75) is 24.6 Å². The van der Waals surface area contributed by atoms with Gasteiger partial charge in [-0.2, -0.15) is 13.2 Å². The van der Waals surface area contributed by atoms with Crippen molar-refractivity contribution < 1.29 is 36.7 Å². The zero-order valence-corrected chi connectivity index (χ0v) is 16.2. The highest BCUT2D eigenvalue weighted by Crippen LogP contribution is 2.53. The molecule has 2 aliphatic heterocycles. The lowest BCUT2D eigenvalue weighted by Gasteiger charge is -2.25. The smallest absolute Gasteiger partial charge is 0.449 e. The van der Waals surface area contributed by atoms with Crippen molar-refractivity contribution in [2.75, 3.05) is 13.7 Å². The highest BCUT2D eigenvalue weighted by atomic mass is 19.4. The maximum Gasteiger partial charge on any atom is 0.449 e. The number of hydrogen-bond acceptors (Lipinski definition) is 6. The van der Waals surface area contributed by atoms with Crippen molar-refractivity contribution in [3.63, 3.8) is 0 Å². The van der Waals surface area contributed by atoms with Crippen molar-refractivity contribution >= 4 is 11.7 Å². The normalized spacial score (nSPS) is 22.3. The van der Waals surface area contributed by atoms with Gasteiger partial charge in [0.25, 0.3) is 0 Å². The fourth-order valence-electron chi connectivity index (χ4n) is 4.29. The van der Waals surface area contributed by atoms with E-state index in [1.165, 1.54) is 36.4 Å². The van der Waals surface area contributed by atoms with E-state index in [1.807, 2.05) is 0 Å². The van der Waals surface area contributed by atoms with E-state index in [2.05, 4.69) is 4.98 Å². The van der Waals surface area contributed by atoms with Gasteiger partial charge >= 0.3 is 6.18 Å². The summed E-state index contributed by atoms with van der Waals surface area (Å²) in [6.45, 7) is -0.260. The molecule has 4 heterocycles. The number of amides is 1. The van der Waals surface area contributed by atoms with Gasteiger partial charge in [0.1, 0.15) is 23.5 Å². The molecule has 0 saturated carbocycles. The molecule has 1 spiro atoms. The molecule has 0 bridgehead atoms. The van der Waals surface area contributed by atoms with Crippen molar-refractivity contribution in [1.29, 1.82) is 0 Å². The van der Waals surface area contributed by atoms with Crippen molar-refractivity contribution in [3.05, 3.63) is 64.9 Å². The van der Waals surface area contributed by atoms with Gasteiger partial charge in [0.15, 0.2) is 5.78 Å². The molecule has 10 heteroatoms. The summed E-state index contributed by atoms with van der Waals surface area (Å²) in [5.74, 6) is -1.09. The number of pyridine rings is 1. The van der Waals surface area contributed by atoms with Crippen LogP contribution in [0.3, 0.4) is 0 Å². The van der Waals surface area contributed by atoms with Crippen LogP contribution in [0.1, 0.15) is 23.5 Å². The molecule has 160 valence electrons. The molecule has 0 fully saturated rings. The molecule has 31 heavy (non-hydrogen) atoms. The zero-order valence-electron chi connectivity index (χ0n) is 16.2. The first-order valence-corrected chi connectivity index (χ1v) is 9.34. The van der Waals surface area contributed by atoms with Crippen LogP contribution in [-0.4, -0.2) is 35.3 Å². The molecule has 3 aliphatic rings. The largest absolute Gasteiger partial charge is 0.490 e. The number of fused-ring (bicyclic) bond motifs is 3. The lowest BCUT2D eigenvalue weighted by molar-refractivity contribution is -0.153. The summed E-state index contributed by atoms with van der Waals surface area (Å²) < 4.78 is 54.6. The van der Waals surface area contributed by atoms with Crippen LogP contribution in [0.15, 0.2) is 52.2 Å². The molecule has 2 aromatic heterocycles. The van der Waals surface area contributed by atoms with E-state index >= 15 is 0 Å². The Hall–Kier alpha value is -3.56. The zero-order chi connectivity index (χ0) is 22.0. The van der Waals surface area contributed by atoms with Crippen LogP contribution in [-0.2, 0) is 27.7 Å². The number of alkyl halides is 3. The SMILES string of the molecule is COc1cc2c(cn1)OCC21C(=O)N(Cc2ccc(C(F)(F)F)o2)C2=C1CC(=O)C=C2. The summed E-state index contributed by atoms with van der Waals surface area (Å²) in [6.07, 6.45) is -0.323. The highest BCUT2D eigenvalue weighted by molar-refractivity contribution is 6.04. The van der Waals surface area contributed by atoms with Gasteiger partial charge < -0.3 is 18.8 Å². The quantitative estimate of drug-likeness (QED) is 0.741. The summed E-state index contributed by atoms with van der Waals surface area (Å²) >= 11 is 0. The first-order valence-electron chi connectivity index (χ1n) is 9.34. The highest BCUT2D eigenvalue weighted by Gasteiger charge is 2.58. The first kappa shape index (κ1) is 19.4. The minimum atomic E-state index is -4.63. The van der Waals surface area contributed by atoms with E-state index in [1.54, 1.807) is 6.07 Å². The number of nitrogens with zero attached hydrogens (tertiary/aromatic N) is 2. The Morgan fingerprint density at radius 3 is 2.77 bits per heavy atom. The third-order valence-corrected chi connectivity index (χ3v) is 5.71. The molecular formula is C21H15F3N2O5. The van der Waals surface area contributed by atoms with E-state index in [0.29, 0.717) is 22.6 Å². The van der Waals surface area contributed by atoms with Crippen LogP contribution in [0, 0.1) is 0 Å². The predicted molar refractivity (Wildman–Crippen MR) is 98.0 cm³/mol. The summed E-state index contributed by atoms with van der Waals surface area (Å²) in [6, 6.07) is 3.60. The number of rotatable bonds is 3. The minimum absolute atomic E-state index is 0.00648. The van der Waals surface area contributed by atoms with Gasteiger partial charge in [0, 0.05) is 23.7 Å². The standard InChI is InChI=1S/C21H15F3N2O5/c1-29-18-7-14-16(8-25-18)30-10-20(14)13-6-11(27)2-4-15(13)26(19(20)28)9-12-3-5-17(31-12)21(22,23)24/h2-5,7-8H,6,9-10H2,1H3. The number of aromatic nitrogens is 1. The maximum atomic E-state index is 13.7. The molecule has 1 atom stereocenters. The Morgan fingerprint density at radius 2 is 2.06 bits per heavy atom. The number of ether oxygens (including phenoxy) is 2. The van der Waals surface area contributed by atoms with E-state index in [9.17, 15) is 22.8 Å². The second-order valence-electron chi connectivity index (χ2n) is 7.41. The van der Waals surface area contributed by atoms with Gasteiger partial charge in [-0.1, -0.05) is 0 Å². The van der Waals surface area contributed by atoms with Gasteiger partial charge in [-0.3, -0.25) is 9.59 Å². The second kappa shape index (κ2) is 6.47. The second-order valence-corrected chi connectivity index (χ2v) is 7.41. The minimum Gasteiger partial charge on any atom is -0.490 e. The third-order valence-electron chi connectivity index (χ3n) is 5.71. The predicted octanol–water partition coefficient (Wildman–Crippen LogP) is 3.16. The number of halogens is 3. The Morgan fingerprint density at radius 1 is 1.26 bits per heavy atom. The van der Waals surface area contributed by atoms with Crippen LogP contribution in [0.2, 0.25) is 0 Å². The van der Waals surface area contributed by atoms with E-state index in [4.69, 9.17) is 13.9 Å². The van der Waals surface area contributed by atoms with Crippen molar-refractivity contribution in [1.82, 2.24) is 9.88 Å². The van der Waals surface area contributed by atoms with Crippen LogP contribution in [0.25, 0.3) is 0 Å². The molecular weight excluding hydrogens is 417 g/mol. The van der Waals surface area contributed by atoms with E-state index in [0.717, 1.165) is 6.07 Å². The molecule has 0 radical (unpaired) electrons. The van der Waals surface area contributed by atoms with Gasteiger partial charge in [0.05, 0.1) is 19.9 Å². The monoisotopic (exact) mass is 432 g/mol. The molecule has 1 amide bonds. The summed E-state index contributed by atoms with van der Waals surface area (Å²) in [4.78, 5) is 31.3. The van der Waals surface area contributed by atoms with Gasteiger partial charge in [-0.25, -0.2) is 4.98 Å². The number of carbonyl (C=O) groups is 2. The van der Waals surface area contributed by atoms with Crippen LogP contribution < -0.4 is 9.47 Å². The van der Waals surface area contributed by atoms with E-state index in [-0.39, 0.29) is 37.0 Å². The maximum absolute atomic E-state index is 13.7. The summed E-state index contributed by atoms with van der Waals surface area (Å²) in [5, 5.41) is 0. The Balaban J connectivity index is 1.60. The fourth-order valence-corrected chi connectivity index (χ4v) is 4.29. The lowest BCUT2D eigenvalue weighted by Crippen LogP contribution is -2.42. The average molecular weight is 432 g/mol. The van der Waals surface area contributed by atoms with Gasteiger partial charge in [-0.15, -0.1) is 0 Å². The number of methoxy groups -OCH3 is 1. The molecule has 2 aromatic rings. The van der Waals surface area contributed by atoms with Crippen LogP contribution in [0.4, 0.5) is 13.2 Å². The molecule has 5 rings (SSSR count). The Bertz CT molecular complexity index is 1180. The first-order chi connectivity index (χ1) is 14.7. The molecule has 0 aromatic carbocycles. The van der Waals surface area contributed by atoms with Crippen molar-refractivity contribution in [3.8, 4) is 11.6 Å². The van der Waals surface area contributed by atoms with Gasteiger partial charge in [0.2, 0.25) is 17.5 Å². The van der Waals surface area contributed by atoms with Crippen LogP contribution >= 0.6 is 0 Å². The summed E-state index contributed by atoms with van der Waals surface area (Å²) in [7, 11) is 1.44. The Labute approximate surface area is 173 Å². The Kier molecular flexibility index (Phi) is 4.05.